The van der Waals surface area contributed by atoms with E-state index in [1.54, 1.807) is 34.4 Å². The number of nitrogens with zero attached hydrogens (tertiary/aromatic N) is 2. The van der Waals surface area contributed by atoms with Gasteiger partial charge < -0.3 is 28.7 Å². The van der Waals surface area contributed by atoms with Crippen LogP contribution in [-0.4, -0.2) is 77.3 Å². The van der Waals surface area contributed by atoms with Crippen molar-refractivity contribution in [3.05, 3.63) is 95.7 Å². The Morgan fingerprint density at radius 3 is 2.04 bits per heavy atom. The fraction of sp³-hybridized carbons (Fsp3) is 0.390. The fourth-order valence-electron chi connectivity index (χ4n) is 6.18. The largest absolute Gasteiger partial charge is 0.493 e. The van der Waals surface area contributed by atoms with E-state index in [1.165, 1.54) is 4.90 Å². The average Bonchev–Trinajstić information content (AvgIpc) is 3.46. The molecule has 1 heterocycles. The van der Waals surface area contributed by atoms with Crippen molar-refractivity contribution in [2.75, 3.05) is 41.1 Å². The van der Waals surface area contributed by atoms with Crippen LogP contribution in [0.2, 0.25) is 18.1 Å². The normalized spacial score (nSPS) is 13.1. The van der Waals surface area contributed by atoms with Gasteiger partial charge in [0.2, 0.25) is 11.7 Å². The standard InChI is InChI=1S/C41H51N3O7Si/c1-27(39(45)43-20-21-51-52(8,9)41(2,3)4)44(40(46)50-26-34-32-16-12-10-14-30(32)31-15-11-13-17-33(31)34)25-28-18-19-42-35(22-28)29-23-36(47-5)38(49-7)37(24-29)48-6/h10-19,22-24,27,34H,20-21,25-26H2,1-9H3,(H,43,45)/t27-/m0/s1. The highest BCUT2D eigenvalue weighted by Gasteiger charge is 2.37. The molecule has 10 nitrogen and oxygen atoms in total. The lowest BCUT2D eigenvalue weighted by molar-refractivity contribution is -0.125. The quantitative estimate of drug-likeness (QED) is 0.103. The van der Waals surface area contributed by atoms with Gasteiger partial charge in [0.1, 0.15) is 12.6 Å². The van der Waals surface area contributed by atoms with Gasteiger partial charge in [0.15, 0.2) is 19.8 Å². The van der Waals surface area contributed by atoms with Gasteiger partial charge in [-0.15, -0.1) is 0 Å². The number of carbonyl (C=O) groups excluding carboxylic acids is 2. The van der Waals surface area contributed by atoms with Crippen LogP contribution in [0.3, 0.4) is 0 Å². The summed E-state index contributed by atoms with van der Waals surface area (Å²) in [4.78, 5) is 33.8. The molecule has 1 N–H and O–H groups in total. The second-order valence-electron chi connectivity index (χ2n) is 14.5. The highest BCUT2D eigenvalue weighted by molar-refractivity contribution is 6.74. The van der Waals surface area contributed by atoms with Crippen LogP contribution in [0, 0.1) is 0 Å². The lowest BCUT2D eigenvalue weighted by atomic mass is 9.98. The molecule has 0 aliphatic heterocycles. The highest BCUT2D eigenvalue weighted by atomic mass is 28.4. The molecule has 1 atom stereocenters. The Morgan fingerprint density at radius 2 is 1.48 bits per heavy atom. The van der Waals surface area contributed by atoms with Crippen LogP contribution in [0.25, 0.3) is 22.4 Å². The van der Waals surface area contributed by atoms with E-state index in [0.717, 1.165) is 33.4 Å². The second-order valence-corrected chi connectivity index (χ2v) is 19.3. The number of amides is 2. The summed E-state index contributed by atoms with van der Waals surface area (Å²) in [6.07, 6.45) is 1.08. The molecule has 0 bridgehead atoms. The van der Waals surface area contributed by atoms with Crippen LogP contribution >= 0.6 is 0 Å². The summed E-state index contributed by atoms with van der Waals surface area (Å²) in [5, 5.41) is 3.03. The number of methoxy groups -OCH3 is 3. The maximum Gasteiger partial charge on any atom is 0.410 e. The van der Waals surface area contributed by atoms with Crippen molar-refractivity contribution in [1.29, 1.82) is 0 Å². The molecule has 5 rings (SSSR count). The first-order valence-electron chi connectivity index (χ1n) is 17.6. The molecule has 0 radical (unpaired) electrons. The Kier molecular flexibility index (Phi) is 12.0. The maximum atomic E-state index is 14.1. The summed E-state index contributed by atoms with van der Waals surface area (Å²) < 4.78 is 29.0. The van der Waals surface area contributed by atoms with Gasteiger partial charge in [0.05, 0.1) is 33.6 Å². The van der Waals surface area contributed by atoms with E-state index in [0.29, 0.717) is 36.1 Å². The molecule has 1 aromatic heterocycles. The number of hydrogen-bond donors (Lipinski definition) is 1. The minimum absolute atomic E-state index is 0.0523. The minimum atomic E-state index is -1.98. The first-order valence-corrected chi connectivity index (χ1v) is 20.5. The Labute approximate surface area is 308 Å². The predicted octanol–water partition coefficient (Wildman–Crippen LogP) is 8.05. The Bertz CT molecular complexity index is 1820. The van der Waals surface area contributed by atoms with Crippen molar-refractivity contribution < 1.29 is 33.0 Å². The van der Waals surface area contributed by atoms with Gasteiger partial charge in [0.25, 0.3) is 0 Å². The number of hydrogen-bond acceptors (Lipinski definition) is 8. The summed E-state index contributed by atoms with van der Waals surface area (Å²) in [6.45, 7) is 13.6. The number of fused-ring (bicyclic) bond motifs is 3. The zero-order chi connectivity index (χ0) is 37.6. The zero-order valence-electron chi connectivity index (χ0n) is 31.7. The number of ether oxygens (including phenoxy) is 4. The SMILES string of the molecule is COc1cc(-c2cc(CN(C(=O)OCC3c4ccccc4-c4ccccc43)[C@@H](C)C(=O)NCCO[Si](C)(C)C(C)(C)C)ccn2)cc(OC)c1OC. The van der Waals surface area contributed by atoms with Gasteiger partial charge in [-0.3, -0.25) is 14.7 Å². The number of nitrogens with one attached hydrogen (secondary N) is 1. The van der Waals surface area contributed by atoms with Crippen LogP contribution < -0.4 is 19.5 Å². The summed E-state index contributed by atoms with van der Waals surface area (Å²) >= 11 is 0. The van der Waals surface area contributed by atoms with Crippen molar-refractivity contribution in [3.8, 4) is 39.6 Å². The minimum Gasteiger partial charge on any atom is -0.493 e. The highest BCUT2D eigenvalue weighted by Crippen LogP contribution is 2.45. The molecule has 1 aliphatic carbocycles. The molecule has 0 unspecified atom stereocenters. The molecule has 4 aromatic rings. The monoisotopic (exact) mass is 725 g/mol. The Balaban J connectivity index is 1.38. The summed E-state index contributed by atoms with van der Waals surface area (Å²) in [5.74, 6) is 1.04. The number of aromatic nitrogens is 1. The van der Waals surface area contributed by atoms with Gasteiger partial charge in [-0.05, 0) is 77.1 Å². The van der Waals surface area contributed by atoms with Gasteiger partial charge in [0, 0.05) is 30.8 Å². The molecule has 3 aromatic carbocycles. The third-order valence-electron chi connectivity index (χ3n) is 10.2. The third kappa shape index (κ3) is 8.26. The average molecular weight is 726 g/mol. The van der Waals surface area contributed by atoms with Gasteiger partial charge in [-0.2, -0.15) is 0 Å². The number of benzene rings is 3. The predicted molar refractivity (Wildman–Crippen MR) is 206 cm³/mol. The molecule has 52 heavy (non-hydrogen) atoms. The molecular weight excluding hydrogens is 675 g/mol. The molecule has 276 valence electrons. The van der Waals surface area contributed by atoms with Crippen molar-refractivity contribution >= 4 is 20.3 Å². The molecular formula is C41H51N3O7Si. The number of pyridine rings is 1. The molecule has 0 spiro atoms. The van der Waals surface area contributed by atoms with Gasteiger partial charge >= 0.3 is 6.09 Å². The fourth-order valence-corrected chi connectivity index (χ4v) is 7.22. The van der Waals surface area contributed by atoms with E-state index in [9.17, 15) is 9.59 Å². The summed E-state index contributed by atoms with van der Waals surface area (Å²) in [5.41, 5.74) is 6.62. The van der Waals surface area contributed by atoms with Gasteiger partial charge in [-0.25, -0.2) is 4.79 Å². The molecule has 0 saturated heterocycles. The first-order chi connectivity index (χ1) is 24.8. The third-order valence-corrected chi connectivity index (χ3v) is 14.8. The van der Waals surface area contributed by atoms with E-state index in [-0.39, 0.29) is 30.0 Å². The van der Waals surface area contributed by atoms with Crippen LogP contribution in [0.1, 0.15) is 50.3 Å². The van der Waals surface area contributed by atoms with Crippen molar-refractivity contribution in [1.82, 2.24) is 15.2 Å². The second kappa shape index (κ2) is 16.2. The number of rotatable bonds is 14. The smallest absolute Gasteiger partial charge is 0.410 e. The number of carbonyl (C=O) groups is 2. The van der Waals surface area contributed by atoms with E-state index in [2.05, 4.69) is 68.4 Å². The molecule has 11 heteroatoms. The van der Waals surface area contributed by atoms with E-state index in [4.69, 9.17) is 23.4 Å². The Morgan fingerprint density at radius 1 is 0.885 bits per heavy atom. The van der Waals surface area contributed by atoms with Crippen LogP contribution in [0.15, 0.2) is 79.0 Å². The van der Waals surface area contributed by atoms with Crippen molar-refractivity contribution in [2.45, 2.75) is 64.3 Å². The lowest BCUT2D eigenvalue weighted by Crippen LogP contribution is -2.49. The van der Waals surface area contributed by atoms with Crippen molar-refractivity contribution in [2.24, 2.45) is 0 Å². The molecule has 1 aliphatic rings. The van der Waals surface area contributed by atoms with Crippen LogP contribution in [0.4, 0.5) is 4.79 Å². The van der Waals surface area contributed by atoms with Crippen LogP contribution in [0.5, 0.6) is 17.2 Å². The van der Waals surface area contributed by atoms with E-state index >= 15 is 0 Å². The van der Waals surface area contributed by atoms with E-state index < -0.39 is 20.5 Å². The molecule has 0 saturated carbocycles. The summed E-state index contributed by atoms with van der Waals surface area (Å²) in [7, 11) is 2.68. The van der Waals surface area contributed by atoms with Crippen molar-refractivity contribution in [3.63, 3.8) is 0 Å². The molecule has 0 fully saturated rings. The lowest BCUT2D eigenvalue weighted by Gasteiger charge is -2.36. The topological polar surface area (TPSA) is 108 Å². The first kappa shape index (κ1) is 38.4. The molecule has 2 amide bonds. The summed E-state index contributed by atoms with van der Waals surface area (Å²) in [6, 6.07) is 22.9. The maximum absolute atomic E-state index is 14.1. The zero-order valence-corrected chi connectivity index (χ0v) is 32.7. The van der Waals surface area contributed by atoms with Crippen LogP contribution in [-0.2, 0) is 20.5 Å². The van der Waals surface area contributed by atoms with E-state index in [1.807, 2.05) is 48.5 Å². The van der Waals surface area contributed by atoms with Gasteiger partial charge in [-0.1, -0.05) is 69.3 Å². The Hall–Kier alpha value is -4.87.